The van der Waals surface area contributed by atoms with Crippen molar-refractivity contribution < 1.29 is 0 Å². The first-order valence-corrected chi connectivity index (χ1v) is 6.96. The molecule has 1 heterocycles. The van der Waals surface area contributed by atoms with Crippen molar-refractivity contribution in [2.45, 2.75) is 0 Å². The number of hydrogen-bond acceptors (Lipinski definition) is 2. The van der Waals surface area contributed by atoms with Gasteiger partial charge in [0, 0.05) is 22.0 Å². The fourth-order valence-corrected chi connectivity index (χ4v) is 2.49. The Morgan fingerprint density at radius 1 is 0.895 bits per heavy atom. The van der Waals surface area contributed by atoms with Crippen LogP contribution in [0.3, 0.4) is 0 Å². The minimum absolute atomic E-state index is 0.481. The molecule has 4 heteroatoms. The van der Waals surface area contributed by atoms with E-state index in [1.807, 2.05) is 18.2 Å². The average Bonchev–Trinajstić information content (AvgIpc) is 2.39. The van der Waals surface area contributed by atoms with Crippen LogP contribution < -0.4 is 5.32 Å². The molecule has 0 radical (unpaired) electrons. The molecule has 0 bridgehead atoms. The summed E-state index contributed by atoms with van der Waals surface area (Å²) in [7, 11) is 0. The van der Waals surface area contributed by atoms with Crippen LogP contribution in [0, 0.1) is 0 Å². The van der Waals surface area contributed by atoms with Crippen molar-refractivity contribution in [3.8, 4) is 0 Å². The van der Waals surface area contributed by atoms with Crippen molar-refractivity contribution in [3.63, 3.8) is 0 Å². The lowest BCUT2D eigenvalue weighted by molar-refractivity contribution is 1.32. The van der Waals surface area contributed by atoms with Crippen molar-refractivity contribution in [1.82, 2.24) is 4.98 Å². The highest BCUT2D eigenvalue weighted by Crippen LogP contribution is 2.25. The second-order valence-corrected chi connectivity index (χ2v) is 5.50. The monoisotopic (exact) mass is 332 g/mol. The molecule has 0 unspecified atom stereocenters. The third-order valence-corrected chi connectivity index (χ3v) is 3.52. The van der Waals surface area contributed by atoms with Gasteiger partial charge in [-0.15, -0.1) is 0 Å². The number of nitrogens with one attached hydrogen (secondary N) is 1. The summed E-state index contributed by atoms with van der Waals surface area (Å²) in [6.45, 7) is 0. The Labute approximate surface area is 124 Å². The molecule has 3 rings (SSSR count). The van der Waals surface area contributed by atoms with Crippen LogP contribution in [-0.2, 0) is 0 Å². The number of benzene rings is 2. The maximum atomic E-state index is 5.87. The Bertz CT molecular complexity index is 743. The molecule has 2 aromatic carbocycles. The predicted molar refractivity (Wildman–Crippen MR) is 84.2 cm³/mol. The second-order valence-electron chi connectivity index (χ2n) is 4.20. The normalized spacial score (nSPS) is 10.6. The highest BCUT2D eigenvalue weighted by atomic mass is 79.9. The molecule has 2 nitrogen and oxygen atoms in total. The van der Waals surface area contributed by atoms with Crippen LogP contribution >= 0.6 is 27.5 Å². The van der Waals surface area contributed by atoms with E-state index in [9.17, 15) is 0 Å². The van der Waals surface area contributed by atoms with E-state index in [1.54, 1.807) is 12.3 Å². The molecule has 1 N–H and O–H groups in total. The van der Waals surface area contributed by atoms with E-state index in [0.717, 1.165) is 15.8 Å². The lowest BCUT2D eigenvalue weighted by Crippen LogP contribution is -1.90. The van der Waals surface area contributed by atoms with Gasteiger partial charge in [-0.2, -0.15) is 0 Å². The summed E-state index contributed by atoms with van der Waals surface area (Å²) in [6, 6.07) is 16.2. The van der Waals surface area contributed by atoms with E-state index in [0.29, 0.717) is 5.15 Å². The first-order valence-electron chi connectivity index (χ1n) is 5.79. The first-order chi connectivity index (χ1) is 9.20. The molecule has 3 aromatic rings. The van der Waals surface area contributed by atoms with Gasteiger partial charge in [0.15, 0.2) is 0 Å². The number of hydrogen-bond donors (Lipinski definition) is 1. The SMILES string of the molecule is Clc1cc(Nc2ccc3cc(Br)ccc3c2)ccn1. The van der Waals surface area contributed by atoms with Gasteiger partial charge in [-0.25, -0.2) is 4.98 Å². The Morgan fingerprint density at radius 3 is 2.47 bits per heavy atom. The molecular weight excluding hydrogens is 324 g/mol. The van der Waals surface area contributed by atoms with Crippen molar-refractivity contribution in [1.29, 1.82) is 0 Å². The van der Waals surface area contributed by atoms with E-state index in [2.05, 4.69) is 50.5 Å². The fourth-order valence-electron chi connectivity index (χ4n) is 1.94. The van der Waals surface area contributed by atoms with Crippen LogP contribution in [0.5, 0.6) is 0 Å². The quantitative estimate of drug-likeness (QED) is 0.636. The molecule has 94 valence electrons. The molecule has 19 heavy (non-hydrogen) atoms. The zero-order chi connectivity index (χ0) is 13.2. The largest absolute Gasteiger partial charge is 0.355 e. The van der Waals surface area contributed by atoms with Crippen LogP contribution in [0.25, 0.3) is 10.8 Å². The predicted octanol–water partition coefficient (Wildman–Crippen LogP) is 5.39. The Kier molecular flexibility index (Phi) is 3.40. The highest BCUT2D eigenvalue weighted by Gasteiger charge is 1.99. The van der Waals surface area contributed by atoms with Crippen LogP contribution in [0.1, 0.15) is 0 Å². The number of anilines is 2. The van der Waals surface area contributed by atoms with Gasteiger partial charge in [-0.1, -0.05) is 39.7 Å². The molecule has 0 atom stereocenters. The van der Waals surface area contributed by atoms with Crippen LogP contribution in [0.15, 0.2) is 59.2 Å². The van der Waals surface area contributed by atoms with Crippen molar-refractivity contribution >= 4 is 49.7 Å². The van der Waals surface area contributed by atoms with Crippen LogP contribution in [0.2, 0.25) is 5.15 Å². The Hall–Kier alpha value is -1.58. The number of aromatic nitrogens is 1. The van der Waals surface area contributed by atoms with Gasteiger partial charge in [0.2, 0.25) is 0 Å². The van der Waals surface area contributed by atoms with Crippen molar-refractivity contribution in [2.75, 3.05) is 5.32 Å². The molecular formula is C15H10BrClN2. The first kappa shape index (κ1) is 12.5. The van der Waals surface area contributed by atoms with Gasteiger partial charge in [-0.3, -0.25) is 0 Å². The molecule has 0 aliphatic heterocycles. The molecule has 0 fully saturated rings. The Morgan fingerprint density at radius 2 is 1.63 bits per heavy atom. The van der Waals surface area contributed by atoms with Gasteiger partial charge < -0.3 is 5.32 Å². The minimum atomic E-state index is 0.481. The zero-order valence-electron chi connectivity index (χ0n) is 9.90. The third kappa shape index (κ3) is 2.88. The minimum Gasteiger partial charge on any atom is -0.355 e. The molecule has 0 aliphatic carbocycles. The maximum Gasteiger partial charge on any atom is 0.131 e. The summed E-state index contributed by atoms with van der Waals surface area (Å²) in [6.07, 6.45) is 1.68. The molecule has 0 saturated carbocycles. The summed E-state index contributed by atoms with van der Waals surface area (Å²) >= 11 is 9.34. The summed E-state index contributed by atoms with van der Waals surface area (Å²) in [5, 5.41) is 6.19. The average molecular weight is 334 g/mol. The summed E-state index contributed by atoms with van der Waals surface area (Å²) in [5.74, 6) is 0. The summed E-state index contributed by atoms with van der Waals surface area (Å²) in [4.78, 5) is 3.96. The third-order valence-electron chi connectivity index (χ3n) is 2.82. The van der Waals surface area contributed by atoms with Gasteiger partial charge >= 0.3 is 0 Å². The van der Waals surface area contributed by atoms with Gasteiger partial charge in [0.05, 0.1) is 0 Å². The zero-order valence-corrected chi connectivity index (χ0v) is 12.2. The molecule has 0 amide bonds. The van der Waals surface area contributed by atoms with Crippen LogP contribution in [-0.4, -0.2) is 4.98 Å². The van der Waals surface area contributed by atoms with Crippen molar-refractivity contribution in [2.24, 2.45) is 0 Å². The number of halogens is 2. The smallest absolute Gasteiger partial charge is 0.131 e. The van der Waals surface area contributed by atoms with E-state index < -0.39 is 0 Å². The number of fused-ring (bicyclic) bond motifs is 1. The van der Waals surface area contributed by atoms with Gasteiger partial charge in [0.1, 0.15) is 5.15 Å². The summed E-state index contributed by atoms with van der Waals surface area (Å²) in [5.41, 5.74) is 1.95. The molecule has 1 aromatic heterocycles. The lowest BCUT2D eigenvalue weighted by atomic mass is 10.1. The van der Waals surface area contributed by atoms with E-state index in [-0.39, 0.29) is 0 Å². The van der Waals surface area contributed by atoms with Crippen LogP contribution in [0.4, 0.5) is 11.4 Å². The van der Waals surface area contributed by atoms with Gasteiger partial charge in [0.25, 0.3) is 0 Å². The lowest BCUT2D eigenvalue weighted by Gasteiger charge is -2.08. The molecule has 0 aliphatic rings. The van der Waals surface area contributed by atoms with E-state index in [1.165, 1.54) is 10.8 Å². The standard InChI is InChI=1S/C15H10BrClN2/c16-12-3-1-11-8-13(4-2-10(11)7-12)19-14-5-6-18-15(17)9-14/h1-9H,(H,18,19). The highest BCUT2D eigenvalue weighted by molar-refractivity contribution is 9.10. The van der Waals surface area contributed by atoms with Crippen molar-refractivity contribution in [3.05, 3.63) is 64.4 Å². The van der Waals surface area contributed by atoms with E-state index >= 15 is 0 Å². The Balaban J connectivity index is 1.95. The van der Waals surface area contributed by atoms with Gasteiger partial charge in [-0.05, 0) is 47.2 Å². The second kappa shape index (κ2) is 5.19. The maximum absolute atomic E-state index is 5.87. The number of pyridine rings is 1. The number of rotatable bonds is 2. The fraction of sp³-hybridized carbons (Fsp3) is 0. The topological polar surface area (TPSA) is 24.9 Å². The molecule has 0 spiro atoms. The summed E-state index contributed by atoms with van der Waals surface area (Å²) < 4.78 is 1.08. The van der Waals surface area contributed by atoms with E-state index in [4.69, 9.17) is 11.6 Å². The number of nitrogens with zero attached hydrogens (tertiary/aromatic N) is 1. The molecule has 0 saturated heterocycles.